The van der Waals surface area contributed by atoms with Gasteiger partial charge in [0.1, 0.15) is 5.75 Å². The van der Waals surface area contributed by atoms with Gasteiger partial charge in [-0.25, -0.2) is 4.79 Å². The molecule has 0 aromatic heterocycles. The van der Waals surface area contributed by atoms with Crippen molar-refractivity contribution in [2.24, 2.45) is 0 Å². The SMILES string of the molecule is COC(=O)c1ccc(C(=O)Nc2ccccc2Oc2ccccc2)cc1I. The third kappa shape index (κ3) is 4.65. The van der Waals surface area contributed by atoms with Crippen molar-refractivity contribution in [3.63, 3.8) is 0 Å². The molecule has 136 valence electrons. The van der Waals surface area contributed by atoms with Gasteiger partial charge in [0, 0.05) is 9.13 Å². The van der Waals surface area contributed by atoms with Crippen LogP contribution in [0.25, 0.3) is 0 Å². The standard InChI is InChI=1S/C21H16INO4/c1-26-21(25)16-12-11-14(13-17(16)22)20(24)23-18-9-5-6-10-19(18)27-15-7-3-2-4-8-15/h2-13H,1H3,(H,23,24). The Kier molecular flexibility index (Phi) is 6.08. The van der Waals surface area contributed by atoms with E-state index >= 15 is 0 Å². The third-order valence-electron chi connectivity index (χ3n) is 3.74. The molecule has 1 N–H and O–H groups in total. The number of carbonyl (C=O) groups is 2. The van der Waals surface area contributed by atoms with Gasteiger partial charge in [0.2, 0.25) is 0 Å². The Morgan fingerprint density at radius 2 is 1.63 bits per heavy atom. The van der Waals surface area contributed by atoms with Crippen LogP contribution in [-0.2, 0) is 4.74 Å². The Hall–Kier alpha value is -2.87. The number of benzene rings is 3. The summed E-state index contributed by atoms with van der Waals surface area (Å²) < 4.78 is 11.2. The topological polar surface area (TPSA) is 64.6 Å². The van der Waals surface area contributed by atoms with Gasteiger partial charge in [-0.1, -0.05) is 30.3 Å². The minimum atomic E-state index is -0.437. The summed E-state index contributed by atoms with van der Waals surface area (Å²) in [6.07, 6.45) is 0. The van der Waals surface area contributed by atoms with Crippen molar-refractivity contribution >= 4 is 40.2 Å². The van der Waals surface area contributed by atoms with Gasteiger partial charge in [0.25, 0.3) is 5.91 Å². The molecule has 0 aliphatic heterocycles. The molecule has 3 aromatic rings. The maximum Gasteiger partial charge on any atom is 0.338 e. The van der Waals surface area contributed by atoms with E-state index in [9.17, 15) is 9.59 Å². The molecule has 27 heavy (non-hydrogen) atoms. The fourth-order valence-electron chi connectivity index (χ4n) is 2.40. The molecule has 0 radical (unpaired) electrons. The zero-order valence-electron chi connectivity index (χ0n) is 14.4. The van der Waals surface area contributed by atoms with Crippen molar-refractivity contribution < 1.29 is 19.1 Å². The molecule has 6 heteroatoms. The molecule has 0 aliphatic carbocycles. The van der Waals surface area contributed by atoms with E-state index in [4.69, 9.17) is 9.47 Å². The van der Waals surface area contributed by atoms with Crippen LogP contribution in [0.15, 0.2) is 72.8 Å². The van der Waals surface area contributed by atoms with Gasteiger partial charge < -0.3 is 14.8 Å². The summed E-state index contributed by atoms with van der Waals surface area (Å²) in [4.78, 5) is 24.3. The second-order valence-corrected chi connectivity index (χ2v) is 6.71. The van der Waals surface area contributed by atoms with E-state index in [1.54, 1.807) is 30.3 Å². The lowest BCUT2D eigenvalue weighted by atomic mass is 10.1. The van der Waals surface area contributed by atoms with Crippen molar-refractivity contribution in [3.05, 3.63) is 87.5 Å². The number of hydrogen-bond donors (Lipinski definition) is 1. The van der Waals surface area contributed by atoms with Gasteiger partial charge >= 0.3 is 5.97 Å². The maximum atomic E-state index is 12.6. The van der Waals surface area contributed by atoms with Crippen LogP contribution < -0.4 is 10.1 Å². The predicted molar refractivity (Wildman–Crippen MR) is 111 cm³/mol. The van der Waals surface area contributed by atoms with Crippen LogP contribution in [-0.4, -0.2) is 19.0 Å². The molecule has 0 atom stereocenters. The number of amides is 1. The van der Waals surface area contributed by atoms with E-state index in [2.05, 4.69) is 5.32 Å². The number of anilines is 1. The Bertz CT molecular complexity index is 973. The van der Waals surface area contributed by atoms with E-state index < -0.39 is 5.97 Å². The van der Waals surface area contributed by atoms with Gasteiger partial charge in [0.05, 0.1) is 18.4 Å². The molecule has 1 amide bonds. The lowest BCUT2D eigenvalue weighted by Crippen LogP contribution is -2.14. The maximum absolute atomic E-state index is 12.6. The largest absolute Gasteiger partial charge is 0.465 e. The first kappa shape index (κ1) is 18.9. The molecular weight excluding hydrogens is 457 g/mol. The Labute approximate surface area is 170 Å². The molecule has 0 spiro atoms. The van der Waals surface area contributed by atoms with Crippen molar-refractivity contribution in [1.29, 1.82) is 0 Å². The first-order chi connectivity index (χ1) is 13.1. The van der Waals surface area contributed by atoms with Crippen LogP contribution in [0.5, 0.6) is 11.5 Å². The number of ether oxygens (including phenoxy) is 2. The van der Waals surface area contributed by atoms with Crippen molar-refractivity contribution in [2.45, 2.75) is 0 Å². The normalized spacial score (nSPS) is 10.1. The fraction of sp³-hybridized carbons (Fsp3) is 0.0476. The van der Waals surface area contributed by atoms with E-state index in [1.165, 1.54) is 7.11 Å². The summed E-state index contributed by atoms with van der Waals surface area (Å²) in [6, 6.07) is 21.3. The van der Waals surface area contributed by atoms with Crippen LogP contribution in [0.2, 0.25) is 0 Å². The monoisotopic (exact) mass is 473 g/mol. The number of rotatable bonds is 5. The quantitative estimate of drug-likeness (QED) is 0.413. The Morgan fingerprint density at radius 1 is 0.926 bits per heavy atom. The number of para-hydroxylation sites is 3. The van der Waals surface area contributed by atoms with Gasteiger partial charge in [-0.15, -0.1) is 0 Å². The smallest absolute Gasteiger partial charge is 0.338 e. The summed E-state index contributed by atoms with van der Waals surface area (Å²) in [5, 5.41) is 2.85. The van der Waals surface area contributed by atoms with Crippen LogP contribution >= 0.6 is 22.6 Å². The molecule has 0 fully saturated rings. The minimum Gasteiger partial charge on any atom is -0.465 e. The van der Waals surface area contributed by atoms with Crippen molar-refractivity contribution in [2.75, 3.05) is 12.4 Å². The molecule has 0 heterocycles. The van der Waals surface area contributed by atoms with E-state index in [-0.39, 0.29) is 5.91 Å². The van der Waals surface area contributed by atoms with E-state index in [0.717, 1.165) is 0 Å². The zero-order valence-corrected chi connectivity index (χ0v) is 16.6. The molecule has 0 unspecified atom stereocenters. The molecular formula is C21H16INO4. The highest BCUT2D eigenvalue weighted by atomic mass is 127. The average Bonchev–Trinajstić information content (AvgIpc) is 2.69. The molecule has 3 aromatic carbocycles. The second kappa shape index (κ2) is 8.68. The summed E-state index contributed by atoms with van der Waals surface area (Å²) in [7, 11) is 1.32. The lowest BCUT2D eigenvalue weighted by molar-refractivity contribution is 0.0599. The number of halogens is 1. The van der Waals surface area contributed by atoms with Crippen LogP contribution in [0.4, 0.5) is 5.69 Å². The van der Waals surface area contributed by atoms with Gasteiger partial charge in [-0.2, -0.15) is 0 Å². The predicted octanol–water partition coefficient (Wildman–Crippen LogP) is 5.12. The van der Waals surface area contributed by atoms with Crippen molar-refractivity contribution in [1.82, 2.24) is 0 Å². The number of esters is 1. The van der Waals surface area contributed by atoms with E-state index in [1.807, 2.05) is 65.1 Å². The van der Waals surface area contributed by atoms with Crippen LogP contribution in [0, 0.1) is 3.57 Å². The molecule has 0 saturated heterocycles. The van der Waals surface area contributed by atoms with Crippen molar-refractivity contribution in [3.8, 4) is 11.5 Å². The Balaban J connectivity index is 1.80. The Morgan fingerprint density at radius 3 is 2.33 bits per heavy atom. The third-order valence-corrected chi connectivity index (χ3v) is 4.64. The van der Waals surface area contributed by atoms with Crippen LogP contribution in [0.1, 0.15) is 20.7 Å². The van der Waals surface area contributed by atoms with Gasteiger partial charge in [0.15, 0.2) is 5.75 Å². The number of carbonyl (C=O) groups excluding carboxylic acids is 2. The van der Waals surface area contributed by atoms with Gasteiger partial charge in [-0.3, -0.25) is 4.79 Å². The number of methoxy groups -OCH3 is 1. The molecule has 0 saturated carbocycles. The number of hydrogen-bond acceptors (Lipinski definition) is 4. The highest BCUT2D eigenvalue weighted by Crippen LogP contribution is 2.29. The summed E-state index contributed by atoms with van der Waals surface area (Å²) in [5.74, 6) is 0.482. The molecule has 0 aliphatic rings. The fourth-order valence-corrected chi connectivity index (χ4v) is 3.14. The summed E-state index contributed by atoms with van der Waals surface area (Å²) in [6.45, 7) is 0. The van der Waals surface area contributed by atoms with E-state index in [0.29, 0.717) is 31.9 Å². The minimum absolute atomic E-state index is 0.298. The first-order valence-electron chi connectivity index (χ1n) is 8.09. The summed E-state index contributed by atoms with van der Waals surface area (Å²) in [5.41, 5.74) is 1.41. The van der Waals surface area contributed by atoms with Gasteiger partial charge in [-0.05, 0) is 65.1 Å². The second-order valence-electron chi connectivity index (χ2n) is 5.55. The van der Waals surface area contributed by atoms with Crippen LogP contribution in [0.3, 0.4) is 0 Å². The highest BCUT2D eigenvalue weighted by Gasteiger charge is 2.15. The highest BCUT2D eigenvalue weighted by molar-refractivity contribution is 14.1. The average molecular weight is 473 g/mol. The lowest BCUT2D eigenvalue weighted by Gasteiger charge is -2.12. The molecule has 0 bridgehead atoms. The molecule has 5 nitrogen and oxygen atoms in total. The summed E-state index contributed by atoms with van der Waals surface area (Å²) >= 11 is 2.01. The number of nitrogens with one attached hydrogen (secondary N) is 1. The molecule has 3 rings (SSSR count). The zero-order chi connectivity index (χ0) is 19.2. The first-order valence-corrected chi connectivity index (χ1v) is 9.17.